The predicted octanol–water partition coefficient (Wildman–Crippen LogP) is 3.84. The van der Waals surface area contributed by atoms with Crippen LogP contribution in [0, 0.1) is 0 Å². The number of tetrazole rings is 1. The molecule has 0 saturated carbocycles. The first-order valence-corrected chi connectivity index (χ1v) is 12.8. The van der Waals surface area contributed by atoms with Gasteiger partial charge in [-0.25, -0.2) is 4.68 Å². The van der Waals surface area contributed by atoms with Crippen LogP contribution in [0.1, 0.15) is 28.6 Å². The lowest BCUT2D eigenvalue weighted by Crippen LogP contribution is -2.48. The highest BCUT2D eigenvalue weighted by Gasteiger charge is 2.33. The van der Waals surface area contributed by atoms with Crippen molar-refractivity contribution in [3.8, 4) is 11.5 Å². The van der Waals surface area contributed by atoms with E-state index in [-0.39, 0.29) is 6.04 Å². The van der Waals surface area contributed by atoms with Gasteiger partial charge in [0.05, 0.1) is 14.2 Å². The van der Waals surface area contributed by atoms with Crippen LogP contribution < -0.4 is 9.47 Å². The van der Waals surface area contributed by atoms with Crippen LogP contribution in [0.25, 0.3) is 0 Å². The summed E-state index contributed by atoms with van der Waals surface area (Å²) in [5.74, 6) is 2.40. The van der Waals surface area contributed by atoms with Crippen LogP contribution >= 0.6 is 0 Å². The number of aryl methyl sites for hydroxylation is 2. The number of hydrogen-bond acceptors (Lipinski definition) is 7. The number of benzene rings is 3. The fourth-order valence-electron chi connectivity index (χ4n) is 5.02. The van der Waals surface area contributed by atoms with E-state index in [9.17, 15) is 0 Å². The lowest BCUT2D eigenvalue weighted by molar-refractivity contribution is 0.0990. The van der Waals surface area contributed by atoms with Gasteiger partial charge in [0.2, 0.25) is 0 Å². The molecule has 1 aliphatic rings. The van der Waals surface area contributed by atoms with Crippen molar-refractivity contribution in [1.82, 2.24) is 30.0 Å². The van der Waals surface area contributed by atoms with E-state index in [1.807, 2.05) is 22.9 Å². The Bertz CT molecular complexity index is 1260. The molecule has 1 unspecified atom stereocenters. The van der Waals surface area contributed by atoms with Crippen molar-refractivity contribution < 1.29 is 9.47 Å². The molecule has 0 bridgehead atoms. The zero-order valence-corrected chi connectivity index (χ0v) is 21.5. The molecule has 8 heteroatoms. The first-order chi connectivity index (χ1) is 18.2. The molecular formula is C29H34N6O2. The van der Waals surface area contributed by atoms with E-state index in [2.05, 4.69) is 86.0 Å². The third-order valence-corrected chi connectivity index (χ3v) is 7.01. The lowest BCUT2D eigenvalue weighted by Gasteiger charge is -2.39. The summed E-state index contributed by atoms with van der Waals surface area (Å²) in [5.41, 5.74) is 3.61. The van der Waals surface area contributed by atoms with Crippen molar-refractivity contribution in [2.75, 3.05) is 40.4 Å². The second kappa shape index (κ2) is 12.0. The van der Waals surface area contributed by atoms with Gasteiger partial charge in [-0.1, -0.05) is 60.7 Å². The van der Waals surface area contributed by atoms with Crippen LogP contribution in [0.15, 0.2) is 78.9 Å². The summed E-state index contributed by atoms with van der Waals surface area (Å²) in [5, 5.41) is 13.0. The minimum absolute atomic E-state index is 0.158. The molecule has 0 radical (unpaired) electrons. The maximum absolute atomic E-state index is 5.81. The van der Waals surface area contributed by atoms with E-state index in [1.54, 1.807) is 14.2 Å². The normalized spacial score (nSPS) is 15.4. The second-order valence-corrected chi connectivity index (χ2v) is 9.30. The van der Waals surface area contributed by atoms with E-state index in [0.717, 1.165) is 62.0 Å². The standard InChI is InChI=1S/C29H34N6O2/c1-36-25-13-14-27(37-2)26(21-25)28(29-30-31-32-35(29)16-15-23-9-5-3-6-10-23)34-19-17-33(18-20-34)22-24-11-7-4-8-12-24/h3-14,21,28H,15-20,22H2,1-2H3. The highest BCUT2D eigenvalue weighted by molar-refractivity contribution is 5.44. The van der Waals surface area contributed by atoms with E-state index in [0.29, 0.717) is 6.54 Å². The molecule has 1 aromatic heterocycles. The molecule has 0 amide bonds. The van der Waals surface area contributed by atoms with Gasteiger partial charge in [0.25, 0.3) is 0 Å². The molecule has 1 atom stereocenters. The van der Waals surface area contributed by atoms with Crippen molar-refractivity contribution in [2.24, 2.45) is 0 Å². The van der Waals surface area contributed by atoms with Crippen molar-refractivity contribution in [1.29, 1.82) is 0 Å². The molecule has 5 rings (SSSR count). The van der Waals surface area contributed by atoms with Gasteiger partial charge < -0.3 is 9.47 Å². The van der Waals surface area contributed by atoms with Gasteiger partial charge in [-0.3, -0.25) is 9.80 Å². The molecule has 1 aliphatic heterocycles. The summed E-state index contributed by atoms with van der Waals surface area (Å²) < 4.78 is 13.3. The van der Waals surface area contributed by atoms with E-state index >= 15 is 0 Å². The topological polar surface area (TPSA) is 68.5 Å². The highest BCUT2D eigenvalue weighted by atomic mass is 16.5. The number of piperazine rings is 1. The monoisotopic (exact) mass is 498 g/mol. The zero-order chi connectivity index (χ0) is 25.5. The highest BCUT2D eigenvalue weighted by Crippen LogP contribution is 2.36. The average molecular weight is 499 g/mol. The summed E-state index contributed by atoms with van der Waals surface area (Å²) in [6.45, 7) is 5.36. The number of nitrogens with zero attached hydrogens (tertiary/aromatic N) is 6. The molecule has 8 nitrogen and oxygen atoms in total. The van der Waals surface area contributed by atoms with Gasteiger partial charge in [-0.15, -0.1) is 5.10 Å². The molecule has 3 aromatic carbocycles. The van der Waals surface area contributed by atoms with E-state index < -0.39 is 0 Å². The number of hydrogen-bond donors (Lipinski definition) is 0. The zero-order valence-electron chi connectivity index (χ0n) is 21.5. The summed E-state index contributed by atoms with van der Waals surface area (Å²) in [6.07, 6.45) is 0.853. The van der Waals surface area contributed by atoms with Crippen molar-refractivity contribution >= 4 is 0 Å². The van der Waals surface area contributed by atoms with Crippen LogP contribution in [0.5, 0.6) is 11.5 Å². The Hall–Kier alpha value is -3.75. The lowest BCUT2D eigenvalue weighted by atomic mass is 10.0. The first-order valence-electron chi connectivity index (χ1n) is 12.8. The smallest absolute Gasteiger partial charge is 0.173 e. The number of methoxy groups -OCH3 is 2. The molecule has 0 N–H and O–H groups in total. The van der Waals surface area contributed by atoms with Gasteiger partial charge in [-0.2, -0.15) is 0 Å². The first kappa shape index (κ1) is 24.9. The van der Waals surface area contributed by atoms with Gasteiger partial charge >= 0.3 is 0 Å². The molecule has 2 heterocycles. The van der Waals surface area contributed by atoms with Gasteiger partial charge in [0.15, 0.2) is 5.82 Å². The van der Waals surface area contributed by atoms with Crippen molar-refractivity contribution in [3.05, 3.63) is 101 Å². The van der Waals surface area contributed by atoms with Gasteiger partial charge in [0.1, 0.15) is 17.5 Å². The summed E-state index contributed by atoms with van der Waals surface area (Å²) in [7, 11) is 3.39. The fraction of sp³-hybridized carbons (Fsp3) is 0.345. The van der Waals surface area contributed by atoms with E-state index in [4.69, 9.17) is 9.47 Å². The molecule has 192 valence electrons. The van der Waals surface area contributed by atoms with Gasteiger partial charge in [0, 0.05) is 44.8 Å². The molecule has 1 saturated heterocycles. The van der Waals surface area contributed by atoms with Crippen LogP contribution in [-0.2, 0) is 19.5 Å². The molecule has 0 aliphatic carbocycles. The Labute approximate surface area is 218 Å². The molecule has 1 fully saturated rings. The molecular weight excluding hydrogens is 464 g/mol. The summed E-state index contributed by atoms with van der Waals surface area (Å²) >= 11 is 0. The average Bonchev–Trinajstić information content (AvgIpc) is 3.42. The van der Waals surface area contributed by atoms with E-state index in [1.165, 1.54) is 11.1 Å². The Balaban J connectivity index is 1.42. The number of ether oxygens (including phenoxy) is 2. The Morgan fingerprint density at radius 1 is 0.811 bits per heavy atom. The maximum atomic E-state index is 5.81. The van der Waals surface area contributed by atoms with Crippen molar-refractivity contribution in [3.63, 3.8) is 0 Å². The minimum Gasteiger partial charge on any atom is -0.497 e. The Morgan fingerprint density at radius 2 is 1.51 bits per heavy atom. The third-order valence-electron chi connectivity index (χ3n) is 7.01. The fourth-order valence-corrected chi connectivity index (χ4v) is 5.02. The Morgan fingerprint density at radius 3 is 2.19 bits per heavy atom. The van der Waals surface area contributed by atoms with Gasteiger partial charge in [-0.05, 0) is 46.2 Å². The maximum Gasteiger partial charge on any atom is 0.173 e. The second-order valence-electron chi connectivity index (χ2n) is 9.30. The van der Waals surface area contributed by atoms with Crippen LogP contribution in [-0.4, -0.2) is 70.4 Å². The quantitative estimate of drug-likeness (QED) is 0.329. The number of rotatable bonds is 10. The molecule has 0 spiro atoms. The van der Waals surface area contributed by atoms with Crippen LogP contribution in [0.2, 0.25) is 0 Å². The van der Waals surface area contributed by atoms with Crippen LogP contribution in [0.3, 0.4) is 0 Å². The molecule has 4 aromatic rings. The third kappa shape index (κ3) is 5.98. The SMILES string of the molecule is COc1ccc(OC)c(C(c2nnnn2CCc2ccccc2)N2CCN(Cc3ccccc3)CC2)c1. The Kier molecular flexibility index (Phi) is 8.08. The largest absolute Gasteiger partial charge is 0.497 e. The predicted molar refractivity (Wildman–Crippen MR) is 143 cm³/mol. The number of aromatic nitrogens is 4. The van der Waals surface area contributed by atoms with Crippen LogP contribution in [0.4, 0.5) is 0 Å². The minimum atomic E-state index is -0.158. The summed E-state index contributed by atoms with van der Waals surface area (Å²) in [6, 6.07) is 26.9. The summed E-state index contributed by atoms with van der Waals surface area (Å²) in [4.78, 5) is 4.97. The van der Waals surface area contributed by atoms with Crippen molar-refractivity contribution in [2.45, 2.75) is 25.6 Å². The molecule has 37 heavy (non-hydrogen) atoms.